The van der Waals surface area contributed by atoms with Crippen LogP contribution in [0.4, 0.5) is 0 Å². The number of carbonyl (C=O) groups excluding carboxylic acids is 1. The first-order valence-electron chi connectivity index (χ1n) is 8.78. The third-order valence-electron chi connectivity index (χ3n) is 4.76. The van der Waals surface area contributed by atoms with Gasteiger partial charge in [-0.2, -0.15) is 5.10 Å². The molecule has 2 aromatic heterocycles. The molecule has 4 rings (SSSR count). The van der Waals surface area contributed by atoms with E-state index in [0.29, 0.717) is 50.9 Å². The van der Waals surface area contributed by atoms with Gasteiger partial charge in [0.05, 0.1) is 26.4 Å². The Morgan fingerprint density at radius 2 is 2.27 bits per heavy atom. The molecule has 4 heterocycles. The van der Waals surface area contributed by atoms with E-state index in [1.807, 2.05) is 6.07 Å². The number of carbonyl (C=O) groups is 1. The van der Waals surface area contributed by atoms with Crippen molar-refractivity contribution >= 4 is 5.91 Å². The molecule has 1 N–H and O–H groups in total. The minimum absolute atomic E-state index is 0.131. The van der Waals surface area contributed by atoms with Crippen LogP contribution in [0, 0.1) is 6.92 Å². The largest absolute Gasteiger partial charge is 0.377 e. The quantitative estimate of drug-likeness (QED) is 0.848. The Kier molecular flexibility index (Phi) is 4.75. The highest BCUT2D eigenvalue weighted by Gasteiger charge is 2.42. The van der Waals surface area contributed by atoms with Crippen LogP contribution in [0.1, 0.15) is 21.9 Å². The lowest BCUT2D eigenvalue weighted by Gasteiger charge is -2.43. The molecule has 0 saturated carbocycles. The lowest BCUT2D eigenvalue weighted by Crippen LogP contribution is -2.59. The molecule has 0 aliphatic carbocycles. The van der Waals surface area contributed by atoms with Crippen LogP contribution in [0.3, 0.4) is 0 Å². The zero-order chi connectivity index (χ0) is 18.0. The number of aromatic amines is 1. The van der Waals surface area contributed by atoms with Crippen molar-refractivity contribution in [3.63, 3.8) is 0 Å². The van der Waals surface area contributed by atoms with Crippen molar-refractivity contribution in [2.75, 3.05) is 46.0 Å². The van der Waals surface area contributed by atoms with E-state index in [-0.39, 0.29) is 5.91 Å². The van der Waals surface area contributed by atoms with Crippen LogP contribution in [0.15, 0.2) is 22.9 Å². The SMILES string of the molecule is Cc1cc(C(=O)N2CCOC3(COCCN(Cc4ccn[nH]4)C3)C2)no1. The zero-order valence-corrected chi connectivity index (χ0v) is 14.8. The predicted octanol–water partition coefficient (Wildman–Crippen LogP) is 0.450. The molecule has 2 aromatic rings. The highest BCUT2D eigenvalue weighted by Crippen LogP contribution is 2.24. The second-order valence-corrected chi connectivity index (χ2v) is 6.93. The van der Waals surface area contributed by atoms with E-state index in [2.05, 4.69) is 20.3 Å². The number of amides is 1. The number of hydrogen-bond donors (Lipinski definition) is 1. The summed E-state index contributed by atoms with van der Waals surface area (Å²) in [5.74, 6) is 0.494. The van der Waals surface area contributed by atoms with Crippen molar-refractivity contribution in [2.24, 2.45) is 0 Å². The summed E-state index contributed by atoms with van der Waals surface area (Å²) >= 11 is 0. The number of rotatable bonds is 3. The third-order valence-corrected chi connectivity index (χ3v) is 4.76. The van der Waals surface area contributed by atoms with E-state index >= 15 is 0 Å². The van der Waals surface area contributed by atoms with Gasteiger partial charge in [-0.25, -0.2) is 0 Å². The van der Waals surface area contributed by atoms with Gasteiger partial charge >= 0.3 is 0 Å². The van der Waals surface area contributed by atoms with Crippen LogP contribution >= 0.6 is 0 Å². The molecule has 2 fully saturated rings. The summed E-state index contributed by atoms with van der Waals surface area (Å²) < 4.78 is 17.0. The van der Waals surface area contributed by atoms with Crippen LogP contribution in [0.25, 0.3) is 0 Å². The van der Waals surface area contributed by atoms with Gasteiger partial charge in [0.15, 0.2) is 5.69 Å². The number of nitrogens with zero attached hydrogens (tertiary/aromatic N) is 4. The first kappa shape index (κ1) is 17.2. The highest BCUT2D eigenvalue weighted by atomic mass is 16.5. The first-order chi connectivity index (χ1) is 12.6. The lowest BCUT2D eigenvalue weighted by atomic mass is 10.0. The van der Waals surface area contributed by atoms with Crippen molar-refractivity contribution in [1.29, 1.82) is 0 Å². The average molecular weight is 361 g/mol. The second-order valence-electron chi connectivity index (χ2n) is 6.93. The average Bonchev–Trinajstić information content (AvgIpc) is 3.26. The van der Waals surface area contributed by atoms with E-state index in [1.54, 1.807) is 24.1 Å². The van der Waals surface area contributed by atoms with Crippen LogP contribution in [-0.2, 0) is 16.0 Å². The molecule has 1 unspecified atom stereocenters. The summed E-state index contributed by atoms with van der Waals surface area (Å²) in [5.41, 5.74) is 0.843. The Morgan fingerprint density at radius 1 is 1.35 bits per heavy atom. The summed E-state index contributed by atoms with van der Waals surface area (Å²) in [6.45, 7) is 6.59. The van der Waals surface area contributed by atoms with E-state index < -0.39 is 5.60 Å². The molecular formula is C17H23N5O4. The Labute approximate surface area is 151 Å². The Bertz CT molecular complexity index is 746. The number of morpholine rings is 1. The second kappa shape index (κ2) is 7.18. The molecule has 0 radical (unpaired) electrons. The van der Waals surface area contributed by atoms with Gasteiger partial charge in [-0.05, 0) is 13.0 Å². The van der Waals surface area contributed by atoms with Gasteiger partial charge in [0.2, 0.25) is 0 Å². The zero-order valence-electron chi connectivity index (χ0n) is 14.8. The summed E-state index contributed by atoms with van der Waals surface area (Å²) in [6, 6.07) is 3.63. The normalized spacial score (nSPS) is 24.7. The molecule has 1 spiro atoms. The Hall–Kier alpha value is -2.23. The van der Waals surface area contributed by atoms with Gasteiger partial charge < -0.3 is 18.9 Å². The van der Waals surface area contributed by atoms with Gasteiger partial charge in [0.1, 0.15) is 11.4 Å². The minimum atomic E-state index is -0.538. The van der Waals surface area contributed by atoms with Gasteiger partial charge in [-0.15, -0.1) is 0 Å². The molecule has 140 valence electrons. The molecule has 26 heavy (non-hydrogen) atoms. The summed E-state index contributed by atoms with van der Waals surface area (Å²) in [4.78, 5) is 16.8. The van der Waals surface area contributed by atoms with Crippen LogP contribution in [-0.4, -0.2) is 82.7 Å². The third kappa shape index (κ3) is 3.64. The molecule has 0 bridgehead atoms. The molecule has 2 saturated heterocycles. The molecule has 2 aliphatic rings. The van der Waals surface area contributed by atoms with Crippen LogP contribution < -0.4 is 0 Å². The van der Waals surface area contributed by atoms with Crippen LogP contribution in [0.2, 0.25) is 0 Å². The summed E-state index contributed by atoms with van der Waals surface area (Å²) in [7, 11) is 0. The molecule has 1 amide bonds. The monoisotopic (exact) mass is 361 g/mol. The summed E-state index contributed by atoms with van der Waals surface area (Å²) in [6.07, 6.45) is 1.75. The molecule has 2 aliphatic heterocycles. The fraction of sp³-hybridized carbons (Fsp3) is 0.588. The smallest absolute Gasteiger partial charge is 0.276 e. The number of H-pyrrole nitrogens is 1. The standard InChI is InChI=1S/C17H23N5O4/c1-13-8-15(20-26-13)16(23)22-5-7-25-17(11-22)10-21(4-6-24-12-17)9-14-2-3-18-19-14/h2-3,8H,4-7,9-12H2,1H3,(H,18,19). The Balaban J connectivity index is 1.47. The topological polar surface area (TPSA) is 96.7 Å². The maximum Gasteiger partial charge on any atom is 0.276 e. The summed E-state index contributed by atoms with van der Waals surface area (Å²) in [5, 5.41) is 10.8. The number of ether oxygens (including phenoxy) is 2. The Morgan fingerprint density at radius 3 is 3.04 bits per heavy atom. The minimum Gasteiger partial charge on any atom is -0.377 e. The van der Waals surface area contributed by atoms with E-state index in [0.717, 1.165) is 18.8 Å². The van der Waals surface area contributed by atoms with Gasteiger partial charge in [0.25, 0.3) is 5.91 Å². The van der Waals surface area contributed by atoms with Crippen molar-refractivity contribution < 1.29 is 18.8 Å². The van der Waals surface area contributed by atoms with Crippen molar-refractivity contribution in [3.8, 4) is 0 Å². The number of aromatic nitrogens is 3. The molecule has 1 atom stereocenters. The van der Waals surface area contributed by atoms with Gasteiger partial charge in [-0.3, -0.25) is 14.8 Å². The molecule has 9 heteroatoms. The van der Waals surface area contributed by atoms with Crippen molar-refractivity contribution in [1.82, 2.24) is 25.2 Å². The highest BCUT2D eigenvalue weighted by molar-refractivity contribution is 5.92. The van der Waals surface area contributed by atoms with Crippen molar-refractivity contribution in [2.45, 2.75) is 19.1 Å². The first-order valence-corrected chi connectivity index (χ1v) is 8.78. The molecular weight excluding hydrogens is 338 g/mol. The van der Waals surface area contributed by atoms with Gasteiger partial charge in [-0.1, -0.05) is 5.16 Å². The van der Waals surface area contributed by atoms with Crippen LogP contribution in [0.5, 0.6) is 0 Å². The molecule has 0 aromatic carbocycles. The number of nitrogens with one attached hydrogen (secondary N) is 1. The van der Waals surface area contributed by atoms with Gasteiger partial charge in [0, 0.05) is 44.1 Å². The molecule has 9 nitrogen and oxygen atoms in total. The van der Waals surface area contributed by atoms with E-state index in [1.165, 1.54) is 0 Å². The van der Waals surface area contributed by atoms with Crippen molar-refractivity contribution in [3.05, 3.63) is 35.5 Å². The fourth-order valence-corrected chi connectivity index (χ4v) is 3.56. The lowest BCUT2D eigenvalue weighted by molar-refractivity contribution is -0.133. The predicted molar refractivity (Wildman–Crippen MR) is 90.5 cm³/mol. The van der Waals surface area contributed by atoms with E-state index in [4.69, 9.17) is 14.0 Å². The maximum absolute atomic E-state index is 12.7. The number of hydrogen-bond acceptors (Lipinski definition) is 7. The van der Waals surface area contributed by atoms with E-state index in [9.17, 15) is 4.79 Å². The fourth-order valence-electron chi connectivity index (χ4n) is 3.56. The maximum atomic E-state index is 12.7. The number of aryl methyl sites for hydroxylation is 1.